The van der Waals surface area contributed by atoms with Gasteiger partial charge in [-0.3, -0.25) is 0 Å². The summed E-state index contributed by atoms with van der Waals surface area (Å²) in [5.74, 6) is 0.602. The molecule has 0 saturated heterocycles. The minimum Gasteiger partial charge on any atom is -0.388 e. The molecule has 0 aromatic carbocycles. The van der Waals surface area contributed by atoms with Crippen molar-refractivity contribution in [2.45, 2.75) is 6.92 Å². The van der Waals surface area contributed by atoms with Gasteiger partial charge in [0.2, 0.25) is 0 Å². The Morgan fingerprint density at radius 3 is 2.93 bits per heavy atom. The molecule has 1 aromatic rings. The fourth-order valence-electron chi connectivity index (χ4n) is 1.03. The number of anilines is 1. The third-order valence-electron chi connectivity index (χ3n) is 1.67. The van der Waals surface area contributed by atoms with Gasteiger partial charge in [0.05, 0.1) is 6.61 Å². The van der Waals surface area contributed by atoms with E-state index >= 15 is 0 Å². The Kier molecular flexibility index (Phi) is 4.92. The number of hydrogen-bond donors (Lipinski definition) is 2. The Hall–Kier alpha value is -1.27. The van der Waals surface area contributed by atoms with Crippen molar-refractivity contribution in [2.24, 2.45) is 5.73 Å². The maximum atomic E-state index is 5.50. The van der Waals surface area contributed by atoms with E-state index in [4.69, 9.17) is 22.7 Å². The lowest BCUT2D eigenvalue weighted by Crippen LogP contribution is -2.18. The fraction of sp³-hybridized carbons (Fsp3) is 0.444. The number of ether oxygens (including phenoxy) is 1. The summed E-state index contributed by atoms with van der Waals surface area (Å²) in [6, 6.07) is 0. The van der Waals surface area contributed by atoms with Crippen molar-refractivity contribution in [1.29, 1.82) is 0 Å². The number of aromatic nitrogens is 2. The quantitative estimate of drug-likeness (QED) is 0.545. The molecule has 0 aliphatic rings. The van der Waals surface area contributed by atoms with Crippen LogP contribution in [0.1, 0.15) is 12.6 Å². The lowest BCUT2D eigenvalue weighted by molar-refractivity contribution is 0.158. The van der Waals surface area contributed by atoms with E-state index < -0.39 is 0 Å². The SMILES string of the molecule is CCOCCNc1nccnc1C(N)=S. The Labute approximate surface area is 94.1 Å². The first-order valence-corrected chi connectivity index (χ1v) is 5.09. The predicted octanol–water partition coefficient (Wildman–Crippen LogP) is 0.559. The van der Waals surface area contributed by atoms with Gasteiger partial charge in [-0.2, -0.15) is 0 Å². The molecule has 0 aliphatic carbocycles. The highest BCUT2D eigenvalue weighted by atomic mass is 32.1. The van der Waals surface area contributed by atoms with Gasteiger partial charge in [-0.1, -0.05) is 12.2 Å². The van der Waals surface area contributed by atoms with Gasteiger partial charge in [0, 0.05) is 25.5 Å². The normalized spacial score (nSPS) is 9.93. The molecule has 1 rings (SSSR count). The highest BCUT2D eigenvalue weighted by molar-refractivity contribution is 7.80. The summed E-state index contributed by atoms with van der Waals surface area (Å²) in [6.45, 7) is 3.92. The van der Waals surface area contributed by atoms with Gasteiger partial charge in [-0.05, 0) is 6.92 Å². The molecule has 15 heavy (non-hydrogen) atoms. The number of hydrogen-bond acceptors (Lipinski definition) is 5. The summed E-state index contributed by atoms with van der Waals surface area (Å²) in [5.41, 5.74) is 6.02. The molecule has 0 bridgehead atoms. The van der Waals surface area contributed by atoms with Crippen molar-refractivity contribution in [1.82, 2.24) is 9.97 Å². The van der Waals surface area contributed by atoms with Crippen LogP contribution in [0.25, 0.3) is 0 Å². The predicted molar refractivity (Wildman–Crippen MR) is 62.9 cm³/mol. The number of nitrogens with one attached hydrogen (secondary N) is 1. The Bertz CT molecular complexity index is 332. The largest absolute Gasteiger partial charge is 0.388 e. The van der Waals surface area contributed by atoms with Gasteiger partial charge in [0.15, 0.2) is 5.82 Å². The minimum atomic E-state index is 0.238. The number of rotatable bonds is 6. The van der Waals surface area contributed by atoms with Crippen molar-refractivity contribution < 1.29 is 4.74 Å². The maximum Gasteiger partial charge on any atom is 0.155 e. The third kappa shape index (κ3) is 3.77. The van der Waals surface area contributed by atoms with Gasteiger partial charge in [0.25, 0.3) is 0 Å². The molecule has 1 heterocycles. The van der Waals surface area contributed by atoms with Crippen LogP contribution < -0.4 is 11.1 Å². The smallest absolute Gasteiger partial charge is 0.155 e. The van der Waals surface area contributed by atoms with E-state index in [0.717, 1.165) is 0 Å². The van der Waals surface area contributed by atoms with Crippen LogP contribution in [0, 0.1) is 0 Å². The standard InChI is InChI=1S/C9H14N4OS/c1-2-14-6-5-13-9-7(8(10)15)11-3-4-12-9/h3-4H,2,5-6H2,1H3,(H2,10,15)(H,12,13). The zero-order valence-electron chi connectivity index (χ0n) is 8.56. The van der Waals surface area contributed by atoms with E-state index in [-0.39, 0.29) is 4.99 Å². The van der Waals surface area contributed by atoms with Gasteiger partial charge in [-0.25, -0.2) is 9.97 Å². The van der Waals surface area contributed by atoms with Gasteiger partial charge >= 0.3 is 0 Å². The number of thiocarbonyl (C=S) groups is 1. The van der Waals surface area contributed by atoms with Crippen molar-refractivity contribution in [3.63, 3.8) is 0 Å². The molecule has 3 N–H and O–H groups in total. The molecule has 0 radical (unpaired) electrons. The Balaban J connectivity index is 2.56. The lowest BCUT2D eigenvalue weighted by atomic mass is 10.4. The van der Waals surface area contributed by atoms with E-state index in [0.29, 0.717) is 31.3 Å². The van der Waals surface area contributed by atoms with E-state index in [2.05, 4.69) is 15.3 Å². The van der Waals surface area contributed by atoms with E-state index in [1.165, 1.54) is 0 Å². The molecule has 6 heteroatoms. The van der Waals surface area contributed by atoms with Crippen LogP contribution in [0.4, 0.5) is 5.82 Å². The van der Waals surface area contributed by atoms with Crippen LogP contribution in [0.5, 0.6) is 0 Å². The van der Waals surface area contributed by atoms with Crippen LogP contribution in [0.2, 0.25) is 0 Å². The molecule has 0 fully saturated rings. The van der Waals surface area contributed by atoms with Crippen molar-refractivity contribution >= 4 is 23.0 Å². The first-order chi connectivity index (χ1) is 7.25. The minimum absolute atomic E-state index is 0.238. The molecule has 0 unspecified atom stereocenters. The third-order valence-corrected chi connectivity index (χ3v) is 1.87. The molecule has 0 saturated carbocycles. The van der Waals surface area contributed by atoms with Crippen molar-refractivity contribution in [2.75, 3.05) is 25.1 Å². The van der Waals surface area contributed by atoms with Crippen molar-refractivity contribution in [3.05, 3.63) is 18.1 Å². The molecule has 0 atom stereocenters. The highest BCUT2D eigenvalue weighted by Crippen LogP contribution is 2.06. The topological polar surface area (TPSA) is 73.1 Å². The molecule has 82 valence electrons. The Morgan fingerprint density at radius 2 is 2.27 bits per heavy atom. The molecule has 0 amide bonds. The van der Waals surface area contributed by atoms with Gasteiger partial charge in [-0.15, -0.1) is 0 Å². The zero-order chi connectivity index (χ0) is 11.1. The number of nitrogens with two attached hydrogens (primary N) is 1. The summed E-state index contributed by atoms with van der Waals surface area (Å²) in [5, 5.41) is 3.06. The molecular weight excluding hydrogens is 212 g/mol. The number of nitrogens with zero attached hydrogens (tertiary/aromatic N) is 2. The highest BCUT2D eigenvalue weighted by Gasteiger charge is 2.06. The molecular formula is C9H14N4OS. The average Bonchev–Trinajstić information content (AvgIpc) is 2.25. The molecule has 0 spiro atoms. The second-order valence-corrected chi connectivity index (χ2v) is 3.18. The van der Waals surface area contributed by atoms with Crippen LogP contribution in [-0.2, 0) is 4.74 Å². The summed E-state index contributed by atoms with van der Waals surface area (Å²) < 4.78 is 5.18. The van der Waals surface area contributed by atoms with Crippen LogP contribution in [0.15, 0.2) is 12.4 Å². The summed E-state index contributed by atoms with van der Waals surface area (Å²) in [7, 11) is 0. The first-order valence-electron chi connectivity index (χ1n) is 4.68. The molecule has 5 nitrogen and oxygen atoms in total. The lowest BCUT2D eigenvalue weighted by Gasteiger charge is -2.08. The summed E-state index contributed by atoms with van der Waals surface area (Å²) in [4.78, 5) is 8.38. The van der Waals surface area contributed by atoms with Gasteiger partial charge in [0.1, 0.15) is 10.7 Å². The summed E-state index contributed by atoms with van der Waals surface area (Å²) >= 11 is 4.86. The van der Waals surface area contributed by atoms with Crippen LogP contribution >= 0.6 is 12.2 Å². The maximum absolute atomic E-state index is 5.50. The van der Waals surface area contributed by atoms with Crippen molar-refractivity contribution in [3.8, 4) is 0 Å². The molecule has 1 aromatic heterocycles. The average molecular weight is 226 g/mol. The van der Waals surface area contributed by atoms with Crippen LogP contribution in [-0.4, -0.2) is 34.7 Å². The van der Waals surface area contributed by atoms with Crippen LogP contribution in [0.3, 0.4) is 0 Å². The van der Waals surface area contributed by atoms with E-state index in [1.807, 2.05) is 6.92 Å². The summed E-state index contributed by atoms with van der Waals surface area (Å²) in [6.07, 6.45) is 3.15. The second kappa shape index (κ2) is 6.26. The van der Waals surface area contributed by atoms with E-state index in [1.54, 1.807) is 12.4 Å². The molecule has 0 aliphatic heterocycles. The first kappa shape index (κ1) is 11.8. The van der Waals surface area contributed by atoms with E-state index in [9.17, 15) is 0 Å². The zero-order valence-corrected chi connectivity index (χ0v) is 9.38. The monoisotopic (exact) mass is 226 g/mol. The fourth-order valence-corrected chi connectivity index (χ4v) is 1.18. The van der Waals surface area contributed by atoms with Gasteiger partial charge < -0.3 is 15.8 Å². The second-order valence-electron chi connectivity index (χ2n) is 2.74. The Morgan fingerprint density at radius 1 is 1.53 bits per heavy atom.